The van der Waals surface area contributed by atoms with Crippen LogP contribution in [0.4, 0.5) is 5.00 Å². The number of rotatable bonds is 2. The van der Waals surface area contributed by atoms with E-state index in [4.69, 9.17) is 4.74 Å². The quantitative estimate of drug-likeness (QED) is 0.739. The molecule has 0 aromatic carbocycles. The molecule has 0 bridgehead atoms. The minimum absolute atomic E-state index is 0.327. The molecule has 0 radical (unpaired) electrons. The molecule has 16 heavy (non-hydrogen) atoms. The average Bonchev–Trinajstić information content (AvgIpc) is 2.66. The Morgan fingerprint density at radius 1 is 1.56 bits per heavy atom. The number of hydrazone groups is 1. The van der Waals surface area contributed by atoms with Crippen molar-refractivity contribution in [1.29, 1.82) is 0 Å². The summed E-state index contributed by atoms with van der Waals surface area (Å²) in [5.74, 6) is -0.388. The number of hydrogen-bond donors (Lipinski definition) is 0. The Morgan fingerprint density at radius 2 is 2.38 bits per heavy atom. The fraction of sp³-hybridized carbons (Fsp3) is 0.273. The van der Waals surface area contributed by atoms with E-state index in [1.807, 2.05) is 24.6 Å². The molecule has 0 aliphatic carbocycles. The van der Waals surface area contributed by atoms with Crippen LogP contribution in [-0.2, 0) is 9.53 Å². The number of anilines is 1. The van der Waals surface area contributed by atoms with Crippen LogP contribution in [0.5, 0.6) is 0 Å². The topological polar surface area (TPSA) is 41.9 Å². The van der Waals surface area contributed by atoms with Crippen LogP contribution in [0.25, 0.3) is 6.08 Å². The summed E-state index contributed by atoms with van der Waals surface area (Å²) in [6, 6.07) is 2.00. The first kappa shape index (κ1) is 10.9. The van der Waals surface area contributed by atoms with Crippen LogP contribution >= 0.6 is 11.3 Å². The van der Waals surface area contributed by atoms with E-state index in [0.29, 0.717) is 12.3 Å². The number of hydrogen-bond acceptors (Lipinski definition) is 5. The third-order valence-corrected chi connectivity index (χ3v) is 3.13. The molecular weight excluding hydrogens is 224 g/mol. The van der Waals surface area contributed by atoms with Crippen molar-refractivity contribution in [1.82, 2.24) is 0 Å². The zero-order valence-electron chi connectivity index (χ0n) is 9.14. The Morgan fingerprint density at radius 3 is 3.12 bits per heavy atom. The monoisotopic (exact) mass is 236 g/mol. The lowest BCUT2D eigenvalue weighted by Gasteiger charge is -2.10. The first-order valence-electron chi connectivity index (χ1n) is 4.97. The van der Waals surface area contributed by atoms with Crippen molar-refractivity contribution in [2.75, 3.05) is 18.7 Å². The molecule has 1 aromatic rings. The van der Waals surface area contributed by atoms with Crippen molar-refractivity contribution >= 4 is 34.1 Å². The highest BCUT2D eigenvalue weighted by Gasteiger charge is 2.16. The van der Waals surface area contributed by atoms with Crippen molar-refractivity contribution in [2.45, 2.75) is 6.92 Å². The molecular formula is C11H12N2O2S. The zero-order chi connectivity index (χ0) is 11.5. The van der Waals surface area contributed by atoms with Gasteiger partial charge < -0.3 is 4.74 Å². The molecule has 1 aromatic heterocycles. The Kier molecular flexibility index (Phi) is 3.05. The van der Waals surface area contributed by atoms with E-state index < -0.39 is 0 Å². The summed E-state index contributed by atoms with van der Waals surface area (Å²) in [4.78, 5) is 11.5. The highest BCUT2D eigenvalue weighted by molar-refractivity contribution is 7.14. The number of carbonyl (C=O) groups excluding carboxylic acids is 1. The highest BCUT2D eigenvalue weighted by atomic mass is 32.1. The van der Waals surface area contributed by atoms with E-state index in [1.165, 1.54) is 0 Å². The van der Waals surface area contributed by atoms with Gasteiger partial charge in [-0.2, -0.15) is 5.10 Å². The average molecular weight is 236 g/mol. The van der Waals surface area contributed by atoms with Crippen molar-refractivity contribution < 1.29 is 9.53 Å². The molecule has 1 aliphatic rings. The molecule has 1 aliphatic heterocycles. The third kappa shape index (κ3) is 1.99. The maximum absolute atomic E-state index is 11.5. The Labute approximate surface area is 97.8 Å². The maximum atomic E-state index is 11.5. The smallest absolute Gasteiger partial charge is 0.358 e. The lowest BCUT2D eigenvalue weighted by molar-refractivity contribution is -0.134. The predicted octanol–water partition coefficient (Wildman–Crippen LogP) is 2.13. The van der Waals surface area contributed by atoms with E-state index in [9.17, 15) is 4.79 Å². The molecule has 0 atom stereocenters. The van der Waals surface area contributed by atoms with Crippen molar-refractivity contribution in [3.63, 3.8) is 0 Å². The first-order valence-corrected chi connectivity index (χ1v) is 5.85. The molecule has 0 saturated carbocycles. The number of nitrogens with zero attached hydrogens (tertiary/aromatic N) is 2. The molecule has 84 valence electrons. The fourth-order valence-electron chi connectivity index (χ4n) is 1.42. The molecule has 0 fully saturated rings. The minimum Gasteiger partial charge on any atom is -0.461 e. The Hall–Kier alpha value is -1.62. The molecule has 2 rings (SSSR count). The van der Waals surface area contributed by atoms with E-state index in [2.05, 4.69) is 5.10 Å². The van der Waals surface area contributed by atoms with Crippen LogP contribution in [-0.4, -0.2) is 25.3 Å². The Bertz CT molecular complexity index is 462. The van der Waals surface area contributed by atoms with Gasteiger partial charge in [0.2, 0.25) is 0 Å². The number of carbonyl (C=O) groups is 1. The summed E-state index contributed by atoms with van der Waals surface area (Å²) < 4.78 is 4.92. The van der Waals surface area contributed by atoms with Gasteiger partial charge in [-0.3, -0.25) is 5.01 Å². The Balaban J connectivity index is 2.29. The first-order chi connectivity index (χ1) is 7.72. The second-order valence-corrected chi connectivity index (χ2v) is 4.14. The molecule has 0 saturated heterocycles. The molecule has 0 unspecified atom stereocenters. The molecule has 0 amide bonds. The van der Waals surface area contributed by atoms with Crippen LogP contribution in [0.2, 0.25) is 0 Å². The van der Waals surface area contributed by atoms with Gasteiger partial charge in [-0.05, 0) is 30.5 Å². The fourth-order valence-corrected chi connectivity index (χ4v) is 2.23. The van der Waals surface area contributed by atoms with Crippen molar-refractivity contribution in [2.24, 2.45) is 5.10 Å². The lowest BCUT2D eigenvalue weighted by atomic mass is 10.2. The third-order valence-electron chi connectivity index (χ3n) is 2.13. The van der Waals surface area contributed by atoms with E-state index in [1.54, 1.807) is 29.3 Å². The van der Waals surface area contributed by atoms with Gasteiger partial charge in [0.1, 0.15) is 5.00 Å². The summed E-state index contributed by atoms with van der Waals surface area (Å²) in [5.41, 5.74) is 1.39. The largest absolute Gasteiger partial charge is 0.461 e. The van der Waals surface area contributed by atoms with E-state index >= 15 is 0 Å². The van der Waals surface area contributed by atoms with Crippen LogP contribution in [0.15, 0.2) is 22.6 Å². The van der Waals surface area contributed by atoms with Gasteiger partial charge >= 0.3 is 5.97 Å². The molecule has 5 heteroatoms. The maximum Gasteiger partial charge on any atom is 0.358 e. The van der Waals surface area contributed by atoms with Gasteiger partial charge in [0.25, 0.3) is 0 Å². The summed E-state index contributed by atoms with van der Waals surface area (Å²) in [6.45, 7) is 2.14. The number of thiophene rings is 1. The number of ether oxygens (including phenoxy) is 1. The van der Waals surface area contributed by atoms with Crippen molar-refractivity contribution in [3.8, 4) is 0 Å². The van der Waals surface area contributed by atoms with Crippen LogP contribution in [0.1, 0.15) is 12.5 Å². The highest BCUT2D eigenvalue weighted by Crippen LogP contribution is 2.29. The van der Waals surface area contributed by atoms with E-state index in [0.717, 1.165) is 10.6 Å². The molecule has 2 heterocycles. The van der Waals surface area contributed by atoms with Gasteiger partial charge in [-0.15, -0.1) is 11.3 Å². The lowest BCUT2D eigenvalue weighted by Crippen LogP contribution is -2.19. The van der Waals surface area contributed by atoms with Crippen LogP contribution in [0, 0.1) is 0 Å². The minimum atomic E-state index is -0.388. The standard InChI is InChI=1S/C11H12N2O2S/c1-3-15-11(14)9-5-4-8-6-7-16-10(8)13(2)12-9/h4-7H,3H2,1-2H3. The van der Waals surface area contributed by atoms with Gasteiger partial charge in [0.05, 0.1) is 6.61 Å². The molecule has 0 N–H and O–H groups in total. The second-order valence-electron chi connectivity index (χ2n) is 3.24. The SMILES string of the molecule is CCOC(=O)C1=NN(C)c2sccc2C=C1. The van der Waals surface area contributed by atoms with Crippen LogP contribution < -0.4 is 5.01 Å². The number of fused-ring (bicyclic) bond motifs is 1. The number of esters is 1. The second kappa shape index (κ2) is 4.49. The molecule has 0 spiro atoms. The van der Waals surface area contributed by atoms with Crippen LogP contribution in [0.3, 0.4) is 0 Å². The summed E-state index contributed by atoms with van der Waals surface area (Å²) in [5, 5.41) is 8.93. The molecule has 4 nitrogen and oxygen atoms in total. The predicted molar refractivity (Wildman–Crippen MR) is 65.8 cm³/mol. The van der Waals surface area contributed by atoms with Gasteiger partial charge in [-0.1, -0.05) is 0 Å². The van der Waals surface area contributed by atoms with Gasteiger partial charge in [0.15, 0.2) is 5.71 Å². The van der Waals surface area contributed by atoms with Gasteiger partial charge in [-0.25, -0.2) is 4.79 Å². The normalized spacial score (nSPS) is 14.1. The van der Waals surface area contributed by atoms with E-state index in [-0.39, 0.29) is 5.97 Å². The summed E-state index contributed by atoms with van der Waals surface area (Å²) in [6.07, 6.45) is 3.57. The summed E-state index contributed by atoms with van der Waals surface area (Å²) >= 11 is 1.59. The summed E-state index contributed by atoms with van der Waals surface area (Å²) in [7, 11) is 1.82. The van der Waals surface area contributed by atoms with Crippen molar-refractivity contribution in [3.05, 3.63) is 23.1 Å². The van der Waals surface area contributed by atoms with Gasteiger partial charge in [0, 0.05) is 12.6 Å². The zero-order valence-corrected chi connectivity index (χ0v) is 9.95.